The molecule has 196 valence electrons. The summed E-state index contributed by atoms with van der Waals surface area (Å²) >= 11 is 0. The number of hydrogen-bond acceptors (Lipinski definition) is 9. The van der Waals surface area contributed by atoms with E-state index in [9.17, 15) is 9.90 Å². The number of nitrogens with one attached hydrogen (secondary N) is 1. The minimum atomic E-state index is -1.15. The Balaban J connectivity index is 1.39. The van der Waals surface area contributed by atoms with Crippen molar-refractivity contribution in [2.45, 2.75) is 32.0 Å². The number of fused-ring (bicyclic) bond motifs is 4. The first kappa shape index (κ1) is 24.1. The second-order valence-corrected chi connectivity index (χ2v) is 9.90. The number of nitrogens with zero attached hydrogens (tertiary/aromatic N) is 6. The minimum Gasteiger partial charge on any atom is -0.489 e. The Morgan fingerprint density at radius 3 is 2.92 bits per heavy atom. The van der Waals surface area contributed by atoms with Crippen LogP contribution in [0, 0.1) is 0 Å². The lowest BCUT2D eigenvalue weighted by Crippen LogP contribution is -2.51. The molecule has 2 aliphatic rings. The number of aliphatic hydroxyl groups is 1. The summed E-state index contributed by atoms with van der Waals surface area (Å²) < 4.78 is 14.7. The topological polar surface area (TPSA) is 120 Å². The molecule has 0 aliphatic carbocycles. The third-order valence-electron chi connectivity index (χ3n) is 6.74. The van der Waals surface area contributed by atoms with Gasteiger partial charge < -0.3 is 24.8 Å². The van der Waals surface area contributed by atoms with Crippen LogP contribution in [0.3, 0.4) is 0 Å². The monoisotopic (exact) mass is 515 g/mol. The Labute approximate surface area is 219 Å². The number of pyridine rings is 1. The van der Waals surface area contributed by atoms with E-state index in [1.165, 1.54) is 10.9 Å². The van der Waals surface area contributed by atoms with Crippen LogP contribution in [-0.2, 0) is 16.9 Å². The predicted octanol–water partition coefficient (Wildman–Crippen LogP) is 2.73. The highest BCUT2D eigenvalue weighted by molar-refractivity contribution is 5.77. The fraction of sp³-hybridized carbons (Fsp3) is 0.333. The van der Waals surface area contributed by atoms with Crippen LogP contribution in [0.4, 0.5) is 17.3 Å². The molecule has 0 spiro atoms. The lowest BCUT2D eigenvalue weighted by atomic mass is 10.1. The molecule has 11 heteroatoms. The van der Waals surface area contributed by atoms with Gasteiger partial charge >= 0.3 is 0 Å². The van der Waals surface area contributed by atoms with E-state index in [0.29, 0.717) is 48.3 Å². The van der Waals surface area contributed by atoms with Gasteiger partial charge in [-0.05, 0) is 38.1 Å². The Hall–Kier alpha value is -4.22. The summed E-state index contributed by atoms with van der Waals surface area (Å²) in [6.45, 7) is 10.1. The number of anilines is 3. The minimum absolute atomic E-state index is 0.223. The third kappa shape index (κ3) is 4.19. The van der Waals surface area contributed by atoms with Crippen LogP contribution in [0.5, 0.6) is 5.75 Å². The average Bonchev–Trinajstić information content (AvgIpc) is 3.19. The van der Waals surface area contributed by atoms with Crippen LogP contribution in [0.25, 0.3) is 16.9 Å². The summed E-state index contributed by atoms with van der Waals surface area (Å²) in [4.78, 5) is 29.3. The van der Waals surface area contributed by atoms with Crippen LogP contribution in [-0.4, -0.2) is 61.8 Å². The Morgan fingerprint density at radius 2 is 2.11 bits per heavy atom. The zero-order valence-electron chi connectivity index (χ0n) is 21.3. The maximum atomic E-state index is 13.2. The molecule has 2 aliphatic heterocycles. The van der Waals surface area contributed by atoms with Crippen molar-refractivity contribution >= 4 is 28.4 Å². The average molecular weight is 516 g/mol. The third-order valence-corrected chi connectivity index (χ3v) is 6.74. The first-order chi connectivity index (χ1) is 18.3. The number of hydrogen-bond donors (Lipinski definition) is 2. The summed E-state index contributed by atoms with van der Waals surface area (Å²) in [6, 6.07) is 11.4. The van der Waals surface area contributed by atoms with E-state index in [-0.39, 0.29) is 18.1 Å². The van der Waals surface area contributed by atoms with Crippen LogP contribution in [0.2, 0.25) is 0 Å². The molecule has 38 heavy (non-hydrogen) atoms. The summed E-state index contributed by atoms with van der Waals surface area (Å²) in [5.74, 6) is 1.56. The fourth-order valence-electron chi connectivity index (χ4n) is 4.86. The van der Waals surface area contributed by atoms with Crippen molar-refractivity contribution in [2.24, 2.45) is 0 Å². The second-order valence-electron chi connectivity index (χ2n) is 9.90. The molecular formula is C27H29N7O4. The van der Waals surface area contributed by atoms with E-state index in [4.69, 9.17) is 14.5 Å². The molecule has 1 atom stereocenters. The van der Waals surface area contributed by atoms with Gasteiger partial charge in [0, 0.05) is 24.5 Å². The highest BCUT2D eigenvalue weighted by Gasteiger charge is 2.30. The smallest absolute Gasteiger partial charge is 0.278 e. The number of aromatic nitrogens is 5. The molecule has 6 rings (SSSR count). The van der Waals surface area contributed by atoms with Crippen LogP contribution in [0.15, 0.2) is 60.0 Å². The number of allylic oxidation sites excluding steroid dienone is 1. The molecule has 1 aromatic carbocycles. The summed E-state index contributed by atoms with van der Waals surface area (Å²) in [5, 5.41) is 14.1. The number of ether oxygens (including phenoxy) is 2. The van der Waals surface area contributed by atoms with E-state index < -0.39 is 5.60 Å². The fourth-order valence-corrected chi connectivity index (χ4v) is 4.86. The molecule has 1 saturated heterocycles. The highest BCUT2D eigenvalue weighted by Crippen LogP contribution is 2.37. The first-order valence-electron chi connectivity index (χ1n) is 12.5. The largest absolute Gasteiger partial charge is 0.489 e. The molecule has 5 heterocycles. The molecule has 1 fully saturated rings. The van der Waals surface area contributed by atoms with Crippen molar-refractivity contribution in [1.29, 1.82) is 0 Å². The number of morpholine rings is 1. The van der Waals surface area contributed by atoms with E-state index >= 15 is 0 Å². The number of benzene rings is 1. The molecule has 0 saturated carbocycles. The van der Waals surface area contributed by atoms with Crippen LogP contribution in [0.1, 0.15) is 19.5 Å². The van der Waals surface area contributed by atoms with Gasteiger partial charge in [-0.25, -0.2) is 19.3 Å². The summed E-state index contributed by atoms with van der Waals surface area (Å²) in [7, 11) is 0. The van der Waals surface area contributed by atoms with Gasteiger partial charge in [-0.1, -0.05) is 12.1 Å². The standard InChI is InChI=1S/C27H29N7O4/c1-4-10-33-25(35)19-14-28-26(31-24(19)34(33)23-7-5-6-22(30-23)27(2,3)36)29-17-8-9-20-21(13-17)38-16-18-15-37-12-11-32(18)20/h4-9,13-14,18,36H,1,10-12,15-16H2,2-3H3,(H,28,29,31). The van der Waals surface area contributed by atoms with Crippen LogP contribution >= 0.6 is 0 Å². The van der Waals surface area contributed by atoms with Gasteiger partial charge in [0.05, 0.1) is 37.2 Å². The van der Waals surface area contributed by atoms with Crippen molar-refractivity contribution in [2.75, 3.05) is 36.6 Å². The van der Waals surface area contributed by atoms with Gasteiger partial charge in [0.2, 0.25) is 5.95 Å². The van der Waals surface area contributed by atoms with Crippen molar-refractivity contribution in [3.8, 4) is 11.6 Å². The van der Waals surface area contributed by atoms with Gasteiger partial charge in [-0.15, -0.1) is 6.58 Å². The summed E-state index contributed by atoms with van der Waals surface area (Å²) in [5.41, 5.74) is 1.25. The van der Waals surface area contributed by atoms with E-state index in [2.05, 4.69) is 26.8 Å². The SMILES string of the molecule is C=CCn1c(=O)c2cnc(Nc3ccc4c(c3)OCC3COCCN43)nc2n1-c1cccc(C(C)(C)O)n1. The molecule has 3 aromatic heterocycles. The van der Waals surface area contributed by atoms with Crippen molar-refractivity contribution < 1.29 is 14.6 Å². The Morgan fingerprint density at radius 1 is 1.24 bits per heavy atom. The zero-order valence-corrected chi connectivity index (χ0v) is 21.3. The van der Waals surface area contributed by atoms with Crippen molar-refractivity contribution in [3.05, 3.63) is 71.3 Å². The van der Waals surface area contributed by atoms with E-state index in [1.807, 2.05) is 18.2 Å². The van der Waals surface area contributed by atoms with E-state index in [0.717, 1.165) is 23.7 Å². The molecule has 0 amide bonds. The lowest BCUT2D eigenvalue weighted by molar-refractivity contribution is 0.0705. The maximum Gasteiger partial charge on any atom is 0.278 e. The van der Waals surface area contributed by atoms with Crippen molar-refractivity contribution in [1.82, 2.24) is 24.3 Å². The zero-order chi connectivity index (χ0) is 26.4. The van der Waals surface area contributed by atoms with Gasteiger partial charge in [-0.2, -0.15) is 4.98 Å². The normalized spacial score (nSPS) is 17.0. The van der Waals surface area contributed by atoms with Gasteiger partial charge in [0.1, 0.15) is 23.3 Å². The summed E-state index contributed by atoms with van der Waals surface area (Å²) in [6.07, 6.45) is 3.14. The van der Waals surface area contributed by atoms with Gasteiger partial charge in [0.15, 0.2) is 11.5 Å². The lowest BCUT2D eigenvalue weighted by Gasteiger charge is -2.41. The number of rotatable bonds is 6. The van der Waals surface area contributed by atoms with Crippen molar-refractivity contribution in [3.63, 3.8) is 0 Å². The molecule has 11 nitrogen and oxygen atoms in total. The quantitative estimate of drug-likeness (QED) is 0.374. The molecule has 2 N–H and O–H groups in total. The molecule has 0 bridgehead atoms. The molecular weight excluding hydrogens is 486 g/mol. The maximum absolute atomic E-state index is 13.2. The molecule has 0 radical (unpaired) electrons. The Kier molecular flexibility index (Phi) is 5.88. The Bertz CT molecular complexity index is 1590. The van der Waals surface area contributed by atoms with Gasteiger partial charge in [0.25, 0.3) is 5.56 Å². The highest BCUT2D eigenvalue weighted by atomic mass is 16.5. The van der Waals surface area contributed by atoms with E-state index in [1.54, 1.807) is 42.8 Å². The predicted molar refractivity (Wildman–Crippen MR) is 144 cm³/mol. The first-order valence-corrected chi connectivity index (χ1v) is 12.5. The van der Waals surface area contributed by atoms with Crippen LogP contribution < -0.4 is 20.5 Å². The molecule has 4 aromatic rings. The second kappa shape index (κ2) is 9.26. The molecule has 1 unspecified atom stereocenters. The van der Waals surface area contributed by atoms with Gasteiger partial charge in [-0.3, -0.25) is 4.79 Å².